The lowest BCUT2D eigenvalue weighted by Crippen LogP contribution is -2.34. The molecule has 0 bridgehead atoms. The standard InChI is InChI=1S/C16H16Cl2N4O3S/c1-5-9(17)10(18)12(19-5)14(23)21-11-7-3-22(4-8(7)11)16-20-6(2)13(26-16)15(24)25/h7-8,11,19H,3-4H2,1-2H3,(H,21,23)(H,24,25)/t7-,8+,11-. The second kappa shape index (κ2) is 6.14. The van der Waals surface area contributed by atoms with Crippen LogP contribution in [0.4, 0.5) is 5.13 Å². The first-order chi connectivity index (χ1) is 12.3. The molecule has 0 aromatic carbocycles. The number of hydrogen-bond donors (Lipinski definition) is 3. The van der Waals surface area contributed by atoms with Crippen molar-refractivity contribution in [1.29, 1.82) is 0 Å². The molecule has 138 valence electrons. The molecule has 1 aliphatic heterocycles. The van der Waals surface area contributed by atoms with Crippen molar-refractivity contribution in [2.45, 2.75) is 19.9 Å². The minimum atomic E-state index is -0.947. The summed E-state index contributed by atoms with van der Waals surface area (Å²) in [6, 6.07) is 0.0946. The number of thiazole rings is 1. The lowest BCUT2D eigenvalue weighted by atomic mass is 10.3. The van der Waals surface area contributed by atoms with Crippen molar-refractivity contribution in [3.05, 3.63) is 32.0 Å². The van der Waals surface area contributed by atoms with E-state index >= 15 is 0 Å². The minimum Gasteiger partial charge on any atom is -0.477 e. The van der Waals surface area contributed by atoms with Gasteiger partial charge in [-0.15, -0.1) is 0 Å². The van der Waals surface area contributed by atoms with Gasteiger partial charge in [-0.1, -0.05) is 34.5 Å². The number of aryl methyl sites for hydroxylation is 2. The van der Waals surface area contributed by atoms with Crippen LogP contribution in [0.25, 0.3) is 0 Å². The number of halogens is 2. The molecular formula is C16H16Cl2N4O3S. The number of carbonyl (C=O) groups is 2. The first-order valence-electron chi connectivity index (χ1n) is 8.08. The molecule has 3 atom stereocenters. The Morgan fingerprint density at radius 3 is 2.42 bits per heavy atom. The summed E-state index contributed by atoms with van der Waals surface area (Å²) in [5, 5.41) is 13.5. The maximum absolute atomic E-state index is 12.4. The van der Waals surface area contributed by atoms with Crippen LogP contribution in [0.2, 0.25) is 10.0 Å². The number of carboxylic acid groups (broad SMARTS) is 1. The zero-order chi connectivity index (χ0) is 18.7. The molecule has 10 heteroatoms. The Hall–Kier alpha value is -1.77. The van der Waals surface area contributed by atoms with Crippen molar-refractivity contribution in [2.75, 3.05) is 18.0 Å². The molecule has 4 rings (SSSR count). The molecular weight excluding hydrogens is 399 g/mol. The number of carbonyl (C=O) groups excluding carboxylic acids is 1. The molecule has 1 amide bonds. The van der Waals surface area contributed by atoms with Crippen LogP contribution in [0.1, 0.15) is 31.5 Å². The molecule has 0 spiro atoms. The van der Waals surface area contributed by atoms with Crippen LogP contribution in [0.3, 0.4) is 0 Å². The third-order valence-electron chi connectivity index (χ3n) is 5.02. The summed E-state index contributed by atoms with van der Waals surface area (Å²) in [5.41, 5.74) is 1.49. The number of nitrogens with zero attached hydrogens (tertiary/aromatic N) is 2. The second-order valence-electron chi connectivity index (χ2n) is 6.70. The summed E-state index contributed by atoms with van der Waals surface area (Å²) in [6.45, 7) is 4.96. The van der Waals surface area contributed by atoms with Crippen molar-refractivity contribution in [2.24, 2.45) is 11.8 Å². The van der Waals surface area contributed by atoms with E-state index in [-0.39, 0.29) is 27.5 Å². The van der Waals surface area contributed by atoms with Gasteiger partial charge in [0.05, 0.1) is 15.7 Å². The Morgan fingerprint density at radius 1 is 1.27 bits per heavy atom. The zero-order valence-electron chi connectivity index (χ0n) is 14.0. The van der Waals surface area contributed by atoms with Crippen molar-refractivity contribution in [1.82, 2.24) is 15.3 Å². The molecule has 2 aromatic rings. The number of aromatic nitrogens is 2. The van der Waals surface area contributed by atoms with E-state index in [1.54, 1.807) is 13.8 Å². The normalized spacial score (nSPS) is 23.8. The highest BCUT2D eigenvalue weighted by atomic mass is 35.5. The molecule has 3 heterocycles. The summed E-state index contributed by atoms with van der Waals surface area (Å²) in [7, 11) is 0. The molecule has 1 aliphatic carbocycles. The topological polar surface area (TPSA) is 98.3 Å². The molecule has 0 unspecified atom stereocenters. The van der Waals surface area contributed by atoms with Gasteiger partial charge in [-0.25, -0.2) is 9.78 Å². The number of H-pyrrole nitrogens is 1. The van der Waals surface area contributed by atoms with E-state index in [1.165, 1.54) is 11.3 Å². The van der Waals surface area contributed by atoms with Gasteiger partial charge in [0.15, 0.2) is 5.13 Å². The summed E-state index contributed by atoms with van der Waals surface area (Å²) in [4.78, 5) is 33.2. The highest BCUT2D eigenvalue weighted by Gasteiger charge is 2.57. The third kappa shape index (κ3) is 2.76. The Bertz CT molecular complexity index is 913. The van der Waals surface area contributed by atoms with Gasteiger partial charge >= 0.3 is 5.97 Å². The van der Waals surface area contributed by atoms with Gasteiger partial charge < -0.3 is 20.3 Å². The number of aromatic amines is 1. The van der Waals surface area contributed by atoms with E-state index in [0.29, 0.717) is 28.2 Å². The molecule has 3 N–H and O–H groups in total. The van der Waals surface area contributed by atoms with Crippen molar-refractivity contribution < 1.29 is 14.7 Å². The minimum absolute atomic E-state index is 0.0946. The molecule has 26 heavy (non-hydrogen) atoms. The number of piperidine rings is 1. The molecule has 1 saturated carbocycles. The van der Waals surface area contributed by atoms with E-state index in [2.05, 4.69) is 20.2 Å². The molecule has 7 nitrogen and oxygen atoms in total. The van der Waals surface area contributed by atoms with Gasteiger partial charge in [-0.2, -0.15) is 0 Å². The Labute approximate surface area is 163 Å². The van der Waals surface area contributed by atoms with Crippen LogP contribution in [-0.4, -0.2) is 46.1 Å². The van der Waals surface area contributed by atoms with Crippen LogP contribution in [0, 0.1) is 25.7 Å². The monoisotopic (exact) mass is 414 g/mol. The number of fused-ring (bicyclic) bond motifs is 1. The molecule has 2 aromatic heterocycles. The van der Waals surface area contributed by atoms with Crippen LogP contribution in [-0.2, 0) is 0 Å². The van der Waals surface area contributed by atoms with E-state index in [1.807, 2.05) is 0 Å². The van der Waals surface area contributed by atoms with Crippen LogP contribution in [0.15, 0.2) is 0 Å². The average Bonchev–Trinajstić information content (AvgIpc) is 2.97. The van der Waals surface area contributed by atoms with Gasteiger partial charge in [-0.3, -0.25) is 4.79 Å². The number of rotatable bonds is 4. The zero-order valence-corrected chi connectivity index (χ0v) is 16.3. The highest BCUT2D eigenvalue weighted by Crippen LogP contribution is 2.47. The first-order valence-corrected chi connectivity index (χ1v) is 9.65. The lowest BCUT2D eigenvalue weighted by molar-refractivity contribution is 0.0701. The predicted octanol–water partition coefficient (Wildman–Crippen LogP) is 2.96. The third-order valence-corrected chi connectivity index (χ3v) is 7.18. The molecule has 1 saturated heterocycles. The molecule has 2 aliphatic rings. The number of hydrogen-bond acceptors (Lipinski definition) is 5. The van der Waals surface area contributed by atoms with Gasteiger partial charge in [0.25, 0.3) is 5.91 Å². The largest absolute Gasteiger partial charge is 0.477 e. The summed E-state index contributed by atoms with van der Waals surface area (Å²) < 4.78 is 0. The van der Waals surface area contributed by atoms with Gasteiger partial charge in [-0.05, 0) is 13.8 Å². The number of nitrogens with one attached hydrogen (secondary N) is 2. The maximum Gasteiger partial charge on any atom is 0.347 e. The fourth-order valence-corrected chi connectivity index (χ4v) is 4.90. The quantitative estimate of drug-likeness (QED) is 0.713. The Kier molecular flexibility index (Phi) is 4.17. The van der Waals surface area contributed by atoms with Crippen LogP contribution >= 0.6 is 34.5 Å². The van der Waals surface area contributed by atoms with Crippen LogP contribution in [0.5, 0.6) is 0 Å². The van der Waals surface area contributed by atoms with Crippen molar-refractivity contribution in [3.63, 3.8) is 0 Å². The van der Waals surface area contributed by atoms with Gasteiger partial charge in [0.1, 0.15) is 10.6 Å². The number of anilines is 1. The van der Waals surface area contributed by atoms with Gasteiger partial charge in [0, 0.05) is 36.7 Å². The second-order valence-corrected chi connectivity index (χ2v) is 8.43. The fraction of sp³-hybridized carbons (Fsp3) is 0.438. The van der Waals surface area contributed by atoms with E-state index < -0.39 is 5.97 Å². The van der Waals surface area contributed by atoms with E-state index in [9.17, 15) is 9.59 Å². The van der Waals surface area contributed by atoms with Crippen molar-refractivity contribution >= 4 is 51.5 Å². The summed E-state index contributed by atoms with van der Waals surface area (Å²) >= 11 is 13.3. The Morgan fingerprint density at radius 2 is 1.92 bits per heavy atom. The smallest absolute Gasteiger partial charge is 0.347 e. The highest BCUT2D eigenvalue weighted by molar-refractivity contribution is 7.17. The molecule has 2 fully saturated rings. The number of carboxylic acids is 1. The number of amides is 1. The first kappa shape index (κ1) is 17.6. The summed E-state index contributed by atoms with van der Waals surface area (Å²) in [5.74, 6) is -0.532. The lowest BCUT2D eigenvalue weighted by Gasteiger charge is -2.19. The van der Waals surface area contributed by atoms with Crippen LogP contribution < -0.4 is 10.2 Å². The number of aromatic carboxylic acids is 1. The molecule has 0 radical (unpaired) electrons. The average molecular weight is 415 g/mol. The Balaban J connectivity index is 1.39. The maximum atomic E-state index is 12.4. The van der Waals surface area contributed by atoms with Gasteiger partial charge in [0.2, 0.25) is 0 Å². The predicted molar refractivity (Wildman–Crippen MR) is 99.8 cm³/mol. The van der Waals surface area contributed by atoms with E-state index in [0.717, 1.165) is 18.2 Å². The van der Waals surface area contributed by atoms with E-state index in [4.69, 9.17) is 28.3 Å². The fourth-order valence-electron chi connectivity index (χ4n) is 3.56. The van der Waals surface area contributed by atoms with Crippen molar-refractivity contribution in [3.8, 4) is 0 Å². The SMILES string of the molecule is Cc1nc(N2C[C@@H]3[C@H](C2)[C@@H]3NC(=O)c2[nH]c(C)c(Cl)c2Cl)sc1C(=O)O. The summed E-state index contributed by atoms with van der Waals surface area (Å²) in [6.07, 6.45) is 0.